The van der Waals surface area contributed by atoms with Gasteiger partial charge in [0.1, 0.15) is 5.69 Å². The van der Waals surface area contributed by atoms with E-state index in [-0.39, 0.29) is 0 Å². The maximum Gasteiger partial charge on any atom is 0.151 e. The Morgan fingerprint density at radius 3 is 2.78 bits per heavy atom. The molecule has 0 spiro atoms. The van der Waals surface area contributed by atoms with Crippen LogP contribution in [0.5, 0.6) is 5.75 Å². The van der Waals surface area contributed by atoms with Gasteiger partial charge in [-0.1, -0.05) is 0 Å². The summed E-state index contributed by atoms with van der Waals surface area (Å²) in [6.07, 6.45) is 0. The first-order valence-corrected chi connectivity index (χ1v) is 5.53. The van der Waals surface area contributed by atoms with Crippen molar-refractivity contribution in [1.82, 2.24) is 20.4 Å². The lowest BCUT2D eigenvalue weighted by Crippen LogP contribution is -1.91. The SMILES string of the molecule is COc1c(N)ccc2[nH]c(-c3n[nH]nc3C)cc12. The zero-order chi connectivity index (χ0) is 12.7. The summed E-state index contributed by atoms with van der Waals surface area (Å²) in [5, 5.41) is 11.7. The van der Waals surface area contributed by atoms with E-state index in [2.05, 4.69) is 20.4 Å². The van der Waals surface area contributed by atoms with E-state index in [1.54, 1.807) is 7.11 Å². The van der Waals surface area contributed by atoms with E-state index < -0.39 is 0 Å². The standard InChI is InChI=1S/C12H13N5O/c1-6-11(16-17-15-6)10-5-7-9(14-10)4-3-8(13)12(7)18-2/h3-5,14H,13H2,1-2H3,(H,15,16,17). The molecule has 0 radical (unpaired) electrons. The minimum Gasteiger partial charge on any atom is -0.494 e. The molecule has 0 bridgehead atoms. The molecule has 0 fully saturated rings. The lowest BCUT2D eigenvalue weighted by atomic mass is 10.2. The number of ether oxygens (including phenoxy) is 1. The normalized spacial score (nSPS) is 11.0. The number of aromatic amines is 2. The molecule has 0 atom stereocenters. The maximum absolute atomic E-state index is 5.88. The molecule has 6 nitrogen and oxygen atoms in total. The molecule has 0 aliphatic carbocycles. The number of nitrogens with one attached hydrogen (secondary N) is 2. The van der Waals surface area contributed by atoms with Crippen LogP contribution in [0.3, 0.4) is 0 Å². The molecule has 3 aromatic rings. The van der Waals surface area contributed by atoms with Crippen molar-refractivity contribution in [2.24, 2.45) is 0 Å². The predicted octanol–water partition coefficient (Wildman–Crippen LogP) is 1.85. The Hall–Kier alpha value is -2.50. The number of aromatic nitrogens is 4. The van der Waals surface area contributed by atoms with E-state index in [0.29, 0.717) is 11.4 Å². The second-order valence-corrected chi connectivity index (χ2v) is 4.09. The lowest BCUT2D eigenvalue weighted by molar-refractivity contribution is 0.422. The number of anilines is 1. The van der Waals surface area contributed by atoms with Crippen molar-refractivity contribution in [2.45, 2.75) is 6.92 Å². The van der Waals surface area contributed by atoms with Crippen molar-refractivity contribution in [3.63, 3.8) is 0 Å². The zero-order valence-corrected chi connectivity index (χ0v) is 10.1. The molecule has 18 heavy (non-hydrogen) atoms. The summed E-state index contributed by atoms with van der Waals surface area (Å²) in [4.78, 5) is 3.28. The number of rotatable bonds is 2. The van der Waals surface area contributed by atoms with Crippen molar-refractivity contribution in [3.05, 3.63) is 23.9 Å². The third-order valence-corrected chi connectivity index (χ3v) is 2.97. The van der Waals surface area contributed by atoms with E-state index in [1.807, 2.05) is 25.1 Å². The van der Waals surface area contributed by atoms with Gasteiger partial charge in [-0.25, -0.2) is 0 Å². The molecule has 3 rings (SSSR count). The molecule has 0 saturated carbocycles. The third kappa shape index (κ3) is 1.42. The van der Waals surface area contributed by atoms with Crippen molar-refractivity contribution in [3.8, 4) is 17.1 Å². The number of methoxy groups -OCH3 is 1. The van der Waals surface area contributed by atoms with Crippen molar-refractivity contribution in [2.75, 3.05) is 12.8 Å². The molecular weight excluding hydrogens is 230 g/mol. The first-order chi connectivity index (χ1) is 8.70. The topological polar surface area (TPSA) is 92.6 Å². The van der Waals surface area contributed by atoms with E-state index >= 15 is 0 Å². The Balaban J connectivity index is 2.26. The monoisotopic (exact) mass is 243 g/mol. The summed E-state index contributed by atoms with van der Waals surface area (Å²) in [6.45, 7) is 1.90. The number of hydrogen-bond donors (Lipinski definition) is 3. The highest BCUT2D eigenvalue weighted by atomic mass is 16.5. The van der Waals surface area contributed by atoms with Crippen molar-refractivity contribution < 1.29 is 4.74 Å². The van der Waals surface area contributed by atoms with E-state index in [1.165, 1.54) is 0 Å². The molecule has 4 N–H and O–H groups in total. The number of hydrogen-bond acceptors (Lipinski definition) is 4. The zero-order valence-electron chi connectivity index (χ0n) is 10.1. The molecule has 2 aromatic heterocycles. The van der Waals surface area contributed by atoms with Crippen LogP contribution in [-0.4, -0.2) is 27.5 Å². The third-order valence-electron chi connectivity index (χ3n) is 2.97. The van der Waals surface area contributed by atoms with Gasteiger partial charge in [-0.15, -0.1) is 0 Å². The lowest BCUT2D eigenvalue weighted by Gasteiger charge is -2.04. The molecule has 92 valence electrons. The summed E-state index contributed by atoms with van der Waals surface area (Å²) < 4.78 is 5.33. The van der Waals surface area contributed by atoms with Gasteiger partial charge in [0, 0.05) is 10.9 Å². The maximum atomic E-state index is 5.88. The number of fused-ring (bicyclic) bond motifs is 1. The fourth-order valence-electron chi connectivity index (χ4n) is 2.09. The number of nitrogens with two attached hydrogens (primary N) is 1. The second kappa shape index (κ2) is 3.76. The van der Waals surface area contributed by atoms with Gasteiger partial charge in [-0.2, -0.15) is 15.4 Å². The fraction of sp³-hybridized carbons (Fsp3) is 0.167. The molecule has 0 aliphatic rings. The Morgan fingerprint density at radius 1 is 1.28 bits per heavy atom. The minimum absolute atomic E-state index is 0.618. The van der Waals surface area contributed by atoms with Gasteiger partial charge >= 0.3 is 0 Å². The highest BCUT2D eigenvalue weighted by Gasteiger charge is 2.13. The Morgan fingerprint density at radius 2 is 2.11 bits per heavy atom. The van der Waals surface area contributed by atoms with Gasteiger partial charge in [0.05, 0.1) is 24.2 Å². The molecule has 2 heterocycles. The summed E-state index contributed by atoms with van der Waals surface area (Å²) in [6, 6.07) is 5.71. The van der Waals surface area contributed by atoms with Crippen LogP contribution < -0.4 is 10.5 Å². The van der Waals surface area contributed by atoms with Crippen LogP contribution in [0.4, 0.5) is 5.69 Å². The van der Waals surface area contributed by atoms with Gasteiger partial charge < -0.3 is 15.5 Å². The average molecular weight is 243 g/mol. The summed E-state index contributed by atoms with van der Waals surface area (Å²) in [7, 11) is 1.61. The molecular formula is C12H13N5O. The molecule has 0 saturated heterocycles. The summed E-state index contributed by atoms with van der Waals surface area (Å²) in [5.41, 5.74) is 9.99. The molecule has 6 heteroatoms. The second-order valence-electron chi connectivity index (χ2n) is 4.09. The van der Waals surface area contributed by atoms with Crippen LogP contribution in [0, 0.1) is 6.92 Å². The number of nitrogen functional groups attached to an aromatic ring is 1. The van der Waals surface area contributed by atoms with E-state index in [9.17, 15) is 0 Å². The number of aryl methyl sites for hydroxylation is 1. The number of nitrogens with zero attached hydrogens (tertiary/aromatic N) is 2. The van der Waals surface area contributed by atoms with Gasteiger partial charge in [0.15, 0.2) is 5.75 Å². The van der Waals surface area contributed by atoms with Gasteiger partial charge in [-0.05, 0) is 25.1 Å². The number of benzene rings is 1. The van der Waals surface area contributed by atoms with Gasteiger partial charge in [0.2, 0.25) is 0 Å². The van der Waals surface area contributed by atoms with Crippen molar-refractivity contribution in [1.29, 1.82) is 0 Å². The van der Waals surface area contributed by atoms with Crippen molar-refractivity contribution >= 4 is 16.6 Å². The Labute approximate surface area is 103 Å². The highest BCUT2D eigenvalue weighted by Crippen LogP contribution is 2.34. The summed E-state index contributed by atoms with van der Waals surface area (Å²) >= 11 is 0. The minimum atomic E-state index is 0.618. The fourth-order valence-corrected chi connectivity index (χ4v) is 2.09. The quantitative estimate of drug-likeness (QED) is 0.599. The van der Waals surface area contributed by atoms with Crippen LogP contribution in [0.25, 0.3) is 22.3 Å². The highest BCUT2D eigenvalue weighted by molar-refractivity contribution is 5.94. The smallest absolute Gasteiger partial charge is 0.151 e. The molecule has 0 aliphatic heterocycles. The average Bonchev–Trinajstić information content (AvgIpc) is 2.94. The van der Waals surface area contributed by atoms with E-state index in [4.69, 9.17) is 10.5 Å². The van der Waals surface area contributed by atoms with Gasteiger partial charge in [-0.3, -0.25) is 0 Å². The Kier molecular flexibility index (Phi) is 2.22. The predicted molar refractivity (Wildman–Crippen MR) is 69.4 cm³/mol. The Bertz CT molecular complexity index is 712. The number of H-pyrrole nitrogens is 2. The molecule has 0 amide bonds. The first kappa shape index (κ1) is 10.6. The molecule has 1 aromatic carbocycles. The summed E-state index contributed by atoms with van der Waals surface area (Å²) in [5.74, 6) is 0.677. The van der Waals surface area contributed by atoms with E-state index in [0.717, 1.165) is 28.0 Å². The van der Waals surface area contributed by atoms with Crippen LogP contribution in [0.1, 0.15) is 5.69 Å². The van der Waals surface area contributed by atoms with Crippen LogP contribution in [0.2, 0.25) is 0 Å². The van der Waals surface area contributed by atoms with Crippen LogP contribution >= 0.6 is 0 Å². The van der Waals surface area contributed by atoms with Crippen LogP contribution in [0.15, 0.2) is 18.2 Å². The van der Waals surface area contributed by atoms with Crippen LogP contribution in [-0.2, 0) is 0 Å². The molecule has 0 unspecified atom stereocenters. The first-order valence-electron chi connectivity index (χ1n) is 5.53. The largest absolute Gasteiger partial charge is 0.494 e. The van der Waals surface area contributed by atoms with Gasteiger partial charge in [0.25, 0.3) is 0 Å².